The van der Waals surface area contributed by atoms with E-state index in [1.54, 1.807) is 0 Å². The summed E-state index contributed by atoms with van der Waals surface area (Å²) in [7, 11) is 2.07. The van der Waals surface area contributed by atoms with Crippen LogP contribution in [0.4, 0.5) is 32.2 Å². The highest BCUT2D eigenvalue weighted by Crippen LogP contribution is 2.50. The molecule has 0 amide bonds. The van der Waals surface area contributed by atoms with E-state index < -0.39 is 23.5 Å². The zero-order chi connectivity index (χ0) is 23.5. The van der Waals surface area contributed by atoms with E-state index in [0.29, 0.717) is 12.5 Å². The summed E-state index contributed by atoms with van der Waals surface area (Å²) < 4.78 is 80.9. The molecule has 0 N–H and O–H groups in total. The van der Waals surface area contributed by atoms with Gasteiger partial charge in [-0.2, -0.15) is 26.3 Å². The van der Waals surface area contributed by atoms with Crippen LogP contribution >= 0.6 is 0 Å². The first-order valence-electron chi connectivity index (χ1n) is 11.2. The van der Waals surface area contributed by atoms with Crippen LogP contribution in [-0.2, 0) is 18.8 Å². The van der Waals surface area contributed by atoms with Gasteiger partial charge in [0.15, 0.2) is 5.82 Å². The zero-order valence-corrected chi connectivity index (χ0v) is 18.1. The van der Waals surface area contributed by atoms with Crippen molar-refractivity contribution in [3.8, 4) is 11.3 Å². The Kier molecular flexibility index (Phi) is 5.34. The molecule has 0 radical (unpaired) electrons. The van der Waals surface area contributed by atoms with Crippen LogP contribution in [-0.4, -0.2) is 47.8 Å². The molecule has 0 unspecified atom stereocenters. The number of fused-ring (bicyclic) bond motifs is 1. The Morgan fingerprint density at radius 1 is 0.939 bits per heavy atom. The van der Waals surface area contributed by atoms with Gasteiger partial charge in [0.2, 0.25) is 0 Å². The van der Waals surface area contributed by atoms with Gasteiger partial charge in [-0.15, -0.1) is 10.2 Å². The van der Waals surface area contributed by atoms with E-state index in [-0.39, 0.29) is 29.3 Å². The summed E-state index contributed by atoms with van der Waals surface area (Å²) in [6, 6.07) is 2.05. The van der Waals surface area contributed by atoms with Gasteiger partial charge >= 0.3 is 12.4 Å². The summed E-state index contributed by atoms with van der Waals surface area (Å²) in [6.07, 6.45) is -5.41. The number of likely N-dealkylation sites (tertiary alicyclic amines) is 1. The summed E-state index contributed by atoms with van der Waals surface area (Å²) in [5, 5.41) is 8.58. The lowest BCUT2D eigenvalue weighted by Crippen LogP contribution is -2.46. The Balaban J connectivity index is 1.61. The van der Waals surface area contributed by atoms with Crippen LogP contribution in [0.25, 0.3) is 11.3 Å². The van der Waals surface area contributed by atoms with Crippen molar-refractivity contribution in [1.29, 1.82) is 0 Å². The van der Waals surface area contributed by atoms with Crippen molar-refractivity contribution >= 4 is 5.82 Å². The third kappa shape index (κ3) is 4.18. The highest BCUT2D eigenvalue weighted by molar-refractivity contribution is 5.74. The quantitative estimate of drug-likeness (QED) is 0.554. The second-order valence-electron chi connectivity index (χ2n) is 9.30. The molecular weight excluding hydrogens is 446 g/mol. The molecule has 2 aliphatic heterocycles. The Morgan fingerprint density at radius 2 is 1.70 bits per heavy atom. The van der Waals surface area contributed by atoms with Gasteiger partial charge in [0.25, 0.3) is 0 Å². The standard InChI is InChI=1S/C23H24F6N4/c1-32-9-2-3-15(12-32)33-10-8-17-19(13-4-5-13)20(30-31-21(17)33)16-7-6-14(22(24,25)26)11-18(16)23(27,28)29/h6-7,11,13,15H,2-5,8-10,12H2,1H3/t15-/m1/s1. The molecule has 3 aliphatic rings. The van der Waals surface area contributed by atoms with Gasteiger partial charge in [0.05, 0.1) is 16.8 Å². The third-order valence-electron chi connectivity index (χ3n) is 6.90. The van der Waals surface area contributed by atoms with Crippen molar-refractivity contribution < 1.29 is 26.3 Å². The number of rotatable bonds is 3. The van der Waals surface area contributed by atoms with Crippen LogP contribution in [0.15, 0.2) is 18.2 Å². The van der Waals surface area contributed by atoms with E-state index >= 15 is 0 Å². The van der Waals surface area contributed by atoms with E-state index in [2.05, 4.69) is 27.0 Å². The molecular formula is C23H24F6N4. The fourth-order valence-corrected chi connectivity index (χ4v) is 5.21. The molecule has 178 valence electrons. The molecule has 1 aromatic carbocycles. The Hall–Kier alpha value is -2.36. The largest absolute Gasteiger partial charge is 0.417 e. The second kappa shape index (κ2) is 7.85. The number of likely N-dealkylation sites (N-methyl/N-ethyl adjacent to an activating group) is 1. The van der Waals surface area contributed by atoms with Gasteiger partial charge < -0.3 is 9.80 Å². The number of halogens is 6. The minimum absolute atomic E-state index is 0.0694. The summed E-state index contributed by atoms with van der Waals surface area (Å²) in [5.41, 5.74) is -1.27. The van der Waals surface area contributed by atoms with Crippen molar-refractivity contribution in [3.05, 3.63) is 40.5 Å². The second-order valence-corrected chi connectivity index (χ2v) is 9.30. The number of alkyl halides is 6. The van der Waals surface area contributed by atoms with E-state index in [4.69, 9.17) is 0 Å². The first-order valence-corrected chi connectivity index (χ1v) is 11.2. The van der Waals surface area contributed by atoms with Gasteiger partial charge in [-0.25, -0.2) is 0 Å². The Labute approximate surface area is 187 Å². The maximum Gasteiger partial charge on any atom is 0.417 e. The van der Waals surface area contributed by atoms with E-state index in [0.717, 1.165) is 68.3 Å². The first-order chi connectivity index (χ1) is 15.5. The summed E-state index contributed by atoms with van der Waals surface area (Å²) in [4.78, 5) is 4.47. The lowest BCUT2D eigenvalue weighted by Gasteiger charge is -2.36. The molecule has 0 bridgehead atoms. The molecule has 10 heteroatoms. The molecule has 1 saturated carbocycles. The van der Waals surface area contributed by atoms with Gasteiger partial charge in [-0.1, -0.05) is 6.07 Å². The molecule has 5 rings (SSSR count). The molecule has 3 heterocycles. The zero-order valence-electron chi connectivity index (χ0n) is 18.1. The number of hydrogen-bond donors (Lipinski definition) is 0. The average Bonchev–Trinajstić information content (AvgIpc) is 3.49. The van der Waals surface area contributed by atoms with Crippen LogP contribution in [0.5, 0.6) is 0 Å². The highest BCUT2D eigenvalue weighted by atomic mass is 19.4. The molecule has 1 atom stereocenters. The molecule has 33 heavy (non-hydrogen) atoms. The number of aromatic nitrogens is 2. The van der Waals surface area contributed by atoms with Crippen LogP contribution < -0.4 is 4.90 Å². The lowest BCUT2D eigenvalue weighted by atomic mass is 9.93. The maximum absolute atomic E-state index is 13.8. The number of nitrogens with zero attached hydrogens (tertiary/aromatic N) is 4. The minimum atomic E-state index is -4.95. The van der Waals surface area contributed by atoms with E-state index in [1.165, 1.54) is 0 Å². The minimum Gasteiger partial charge on any atom is -0.350 e. The molecule has 0 spiro atoms. The van der Waals surface area contributed by atoms with E-state index in [9.17, 15) is 26.3 Å². The average molecular weight is 470 g/mol. The monoisotopic (exact) mass is 470 g/mol. The lowest BCUT2D eigenvalue weighted by molar-refractivity contribution is -0.142. The summed E-state index contributed by atoms with van der Waals surface area (Å²) in [6.45, 7) is 2.65. The molecule has 2 aromatic rings. The van der Waals surface area contributed by atoms with Crippen molar-refractivity contribution in [2.24, 2.45) is 0 Å². The number of anilines is 1. The van der Waals surface area contributed by atoms with Crippen LogP contribution in [0.3, 0.4) is 0 Å². The predicted molar refractivity (Wildman–Crippen MR) is 111 cm³/mol. The Bertz CT molecular complexity index is 1060. The highest BCUT2D eigenvalue weighted by Gasteiger charge is 2.42. The van der Waals surface area contributed by atoms with Crippen molar-refractivity contribution in [2.45, 2.75) is 56.4 Å². The van der Waals surface area contributed by atoms with Gasteiger partial charge in [-0.05, 0) is 69.3 Å². The normalized spacial score (nSPS) is 22.0. The number of piperidine rings is 1. The summed E-state index contributed by atoms with van der Waals surface area (Å²) in [5.74, 6) is 0.794. The molecule has 1 saturated heterocycles. The smallest absolute Gasteiger partial charge is 0.350 e. The fraction of sp³-hybridized carbons (Fsp3) is 0.565. The summed E-state index contributed by atoms with van der Waals surface area (Å²) >= 11 is 0. The van der Waals surface area contributed by atoms with Crippen molar-refractivity contribution in [1.82, 2.24) is 15.1 Å². The van der Waals surface area contributed by atoms with Gasteiger partial charge in [0.1, 0.15) is 0 Å². The van der Waals surface area contributed by atoms with Crippen LogP contribution in [0.2, 0.25) is 0 Å². The molecule has 4 nitrogen and oxygen atoms in total. The fourth-order valence-electron chi connectivity index (χ4n) is 5.21. The number of hydrogen-bond acceptors (Lipinski definition) is 4. The maximum atomic E-state index is 13.8. The predicted octanol–water partition coefficient (Wildman–Crippen LogP) is 5.52. The van der Waals surface area contributed by atoms with Gasteiger partial charge in [-0.3, -0.25) is 0 Å². The van der Waals surface area contributed by atoms with Crippen LogP contribution in [0.1, 0.15) is 53.9 Å². The molecule has 2 fully saturated rings. The topological polar surface area (TPSA) is 32.3 Å². The first kappa shape index (κ1) is 22.4. The molecule has 1 aliphatic carbocycles. The Morgan fingerprint density at radius 3 is 2.33 bits per heavy atom. The van der Waals surface area contributed by atoms with Crippen molar-refractivity contribution in [3.63, 3.8) is 0 Å². The van der Waals surface area contributed by atoms with E-state index in [1.807, 2.05) is 0 Å². The third-order valence-corrected chi connectivity index (χ3v) is 6.90. The van der Waals surface area contributed by atoms with Crippen LogP contribution in [0, 0.1) is 0 Å². The van der Waals surface area contributed by atoms with Crippen molar-refractivity contribution in [2.75, 3.05) is 31.6 Å². The molecule has 1 aromatic heterocycles. The number of benzene rings is 1. The SMILES string of the molecule is CN1CCC[C@@H](N2CCc3c2nnc(-c2ccc(C(F)(F)F)cc2C(F)(F)F)c3C2CC2)C1. The van der Waals surface area contributed by atoms with Gasteiger partial charge in [0, 0.05) is 30.3 Å².